The molecule has 1 fully saturated rings. The molecule has 4 rings (SSSR count). The average molecular weight is 508 g/mol. The summed E-state index contributed by atoms with van der Waals surface area (Å²) in [6, 6.07) is 8.90. The van der Waals surface area contributed by atoms with Crippen molar-refractivity contribution in [2.45, 2.75) is 59.2 Å². The first-order valence-corrected chi connectivity index (χ1v) is 13.0. The number of aromatic nitrogens is 3. The largest absolute Gasteiger partial charge is 0.497 e. The Morgan fingerprint density at radius 3 is 2.57 bits per heavy atom. The number of fused-ring (bicyclic) bond motifs is 1. The van der Waals surface area contributed by atoms with Gasteiger partial charge in [-0.1, -0.05) is 26.0 Å². The summed E-state index contributed by atoms with van der Waals surface area (Å²) in [5.74, 6) is 1.90. The second kappa shape index (κ2) is 11.7. The Labute approximate surface area is 217 Å². The summed E-state index contributed by atoms with van der Waals surface area (Å²) >= 11 is 0. The molecule has 1 aliphatic rings. The van der Waals surface area contributed by atoms with E-state index in [4.69, 9.17) is 14.5 Å². The Balaban J connectivity index is 1.66. The number of rotatable bonds is 9. The van der Waals surface area contributed by atoms with E-state index in [0.717, 1.165) is 32.5 Å². The van der Waals surface area contributed by atoms with Gasteiger partial charge in [-0.15, -0.1) is 0 Å². The molecule has 1 N–H and O–H groups in total. The predicted molar refractivity (Wildman–Crippen MR) is 144 cm³/mol. The van der Waals surface area contributed by atoms with E-state index >= 15 is 0 Å². The zero-order valence-electron chi connectivity index (χ0n) is 22.4. The van der Waals surface area contributed by atoms with Crippen LogP contribution < -0.4 is 20.3 Å². The molecule has 198 valence electrons. The van der Waals surface area contributed by atoms with Crippen LogP contribution in [0.1, 0.15) is 40.5 Å². The molecule has 37 heavy (non-hydrogen) atoms. The zero-order chi connectivity index (χ0) is 26.5. The van der Waals surface area contributed by atoms with Gasteiger partial charge in [-0.25, -0.2) is 9.97 Å². The maximum absolute atomic E-state index is 13.7. The predicted octanol–water partition coefficient (Wildman–Crippen LogP) is 3.49. The number of likely N-dealkylation sites (tertiary alicyclic amines) is 1. The standard InChI is InChI=1S/C28H37N5O4/c1-18(2)16-32-11-9-21(10-12-32)37-23-14-24-26(29-15-23)31-27(20-7-6-8-22(13-20)36-5)33(28(24)35)17-25(34)30-19(3)4/h6-8,13-15,18-19,21H,9-12,16-17H2,1-5H3,(H,30,34). The minimum atomic E-state index is -0.341. The fourth-order valence-corrected chi connectivity index (χ4v) is 4.71. The molecule has 1 amide bonds. The number of hydrogen-bond donors (Lipinski definition) is 1. The lowest BCUT2D eigenvalue weighted by atomic mass is 10.1. The molecule has 9 nitrogen and oxygen atoms in total. The molecular weight excluding hydrogens is 470 g/mol. The van der Waals surface area contributed by atoms with E-state index in [0.29, 0.717) is 39.8 Å². The van der Waals surface area contributed by atoms with Crippen molar-refractivity contribution in [3.05, 3.63) is 46.9 Å². The number of methoxy groups -OCH3 is 1. The average Bonchev–Trinajstić information content (AvgIpc) is 2.86. The minimum Gasteiger partial charge on any atom is -0.497 e. The van der Waals surface area contributed by atoms with Crippen LogP contribution in [0.2, 0.25) is 0 Å². The molecule has 9 heteroatoms. The number of amides is 1. The normalized spacial score (nSPS) is 14.9. The van der Waals surface area contributed by atoms with E-state index in [9.17, 15) is 9.59 Å². The van der Waals surface area contributed by atoms with Crippen molar-refractivity contribution in [3.63, 3.8) is 0 Å². The molecular formula is C28H37N5O4. The molecule has 1 aliphatic heterocycles. The summed E-state index contributed by atoms with van der Waals surface area (Å²) in [5.41, 5.74) is 0.625. The fourth-order valence-electron chi connectivity index (χ4n) is 4.71. The summed E-state index contributed by atoms with van der Waals surface area (Å²) in [4.78, 5) is 38.0. The van der Waals surface area contributed by atoms with Gasteiger partial charge in [-0.05, 0) is 50.8 Å². The molecule has 2 aromatic heterocycles. The van der Waals surface area contributed by atoms with Crippen LogP contribution in [0.4, 0.5) is 0 Å². The molecule has 1 saturated heterocycles. The van der Waals surface area contributed by atoms with Crippen molar-refractivity contribution in [1.29, 1.82) is 0 Å². The Kier molecular flexibility index (Phi) is 8.43. The van der Waals surface area contributed by atoms with Crippen molar-refractivity contribution >= 4 is 16.9 Å². The number of carbonyl (C=O) groups excluding carboxylic acids is 1. The summed E-state index contributed by atoms with van der Waals surface area (Å²) in [7, 11) is 1.58. The van der Waals surface area contributed by atoms with Gasteiger partial charge < -0.3 is 19.7 Å². The Hall–Kier alpha value is -3.46. The van der Waals surface area contributed by atoms with E-state index in [1.807, 2.05) is 32.0 Å². The number of pyridine rings is 1. The van der Waals surface area contributed by atoms with Crippen LogP contribution in [0, 0.1) is 5.92 Å². The smallest absolute Gasteiger partial charge is 0.263 e. The van der Waals surface area contributed by atoms with Gasteiger partial charge in [0.1, 0.15) is 30.0 Å². The van der Waals surface area contributed by atoms with Crippen LogP contribution in [0.5, 0.6) is 11.5 Å². The lowest BCUT2D eigenvalue weighted by molar-refractivity contribution is -0.122. The molecule has 1 aromatic carbocycles. The van der Waals surface area contributed by atoms with Crippen LogP contribution in [-0.4, -0.2) is 64.2 Å². The SMILES string of the molecule is COc1cccc(-c2nc3ncc(OC4CCN(CC(C)C)CC4)cc3c(=O)n2CC(=O)NC(C)C)c1. The topological polar surface area (TPSA) is 98.6 Å². The highest BCUT2D eigenvalue weighted by Gasteiger charge is 2.22. The summed E-state index contributed by atoms with van der Waals surface area (Å²) in [5, 5.41) is 3.17. The van der Waals surface area contributed by atoms with Crippen LogP contribution in [-0.2, 0) is 11.3 Å². The Bertz CT molecular complexity index is 1300. The van der Waals surface area contributed by atoms with E-state index in [2.05, 4.69) is 29.0 Å². The molecule has 0 radical (unpaired) electrons. The second-order valence-electron chi connectivity index (χ2n) is 10.3. The van der Waals surface area contributed by atoms with Crippen LogP contribution in [0.25, 0.3) is 22.4 Å². The minimum absolute atomic E-state index is 0.0505. The van der Waals surface area contributed by atoms with Gasteiger partial charge in [-0.3, -0.25) is 14.2 Å². The van der Waals surface area contributed by atoms with Gasteiger partial charge in [0.25, 0.3) is 5.56 Å². The van der Waals surface area contributed by atoms with E-state index in [-0.39, 0.29) is 30.2 Å². The van der Waals surface area contributed by atoms with E-state index in [1.54, 1.807) is 25.4 Å². The first-order valence-electron chi connectivity index (χ1n) is 13.0. The van der Waals surface area contributed by atoms with Gasteiger partial charge in [0.05, 0.1) is 18.7 Å². The number of piperidine rings is 1. The lowest BCUT2D eigenvalue weighted by Crippen LogP contribution is -2.40. The third kappa shape index (κ3) is 6.65. The number of nitrogens with one attached hydrogen (secondary N) is 1. The third-order valence-electron chi connectivity index (χ3n) is 6.32. The zero-order valence-corrected chi connectivity index (χ0v) is 22.4. The molecule has 0 aliphatic carbocycles. The number of benzene rings is 1. The van der Waals surface area contributed by atoms with Crippen LogP contribution in [0.15, 0.2) is 41.3 Å². The molecule has 0 atom stereocenters. The Morgan fingerprint density at radius 1 is 1.14 bits per heavy atom. The second-order valence-corrected chi connectivity index (χ2v) is 10.3. The Morgan fingerprint density at radius 2 is 1.89 bits per heavy atom. The molecule has 0 spiro atoms. The van der Waals surface area contributed by atoms with Gasteiger partial charge in [0.15, 0.2) is 5.65 Å². The first kappa shape index (κ1) is 26.6. The molecule has 0 bridgehead atoms. The molecule has 0 unspecified atom stereocenters. The fraction of sp³-hybridized carbons (Fsp3) is 0.500. The van der Waals surface area contributed by atoms with E-state index in [1.165, 1.54) is 4.57 Å². The summed E-state index contributed by atoms with van der Waals surface area (Å²) in [6.45, 7) is 11.1. The maximum atomic E-state index is 13.7. The number of carbonyl (C=O) groups is 1. The van der Waals surface area contributed by atoms with Crippen molar-refractivity contribution in [2.24, 2.45) is 5.92 Å². The number of hydrogen-bond acceptors (Lipinski definition) is 7. The van der Waals surface area contributed by atoms with Gasteiger partial charge in [0, 0.05) is 31.2 Å². The van der Waals surface area contributed by atoms with Crippen molar-refractivity contribution in [3.8, 4) is 22.9 Å². The highest BCUT2D eigenvalue weighted by atomic mass is 16.5. The highest BCUT2D eigenvalue weighted by Crippen LogP contribution is 2.25. The summed E-state index contributed by atoms with van der Waals surface area (Å²) < 4.78 is 13.0. The quantitative estimate of drug-likeness (QED) is 0.473. The van der Waals surface area contributed by atoms with Crippen molar-refractivity contribution in [1.82, 2.24) is 24.8 Å². The number of ether oxygens (including phenoxy) is 2. The third-order valence-corrected chi connectivity index (χ3v) is 6.32. The van der Waals surface area contributed by atoms with Gasteiger partial charge >= 0.3 is 0 Å². The maximum Gasteiger partial charge on any atom is 0.263 e. The van der Waals surface area contributed by atoms with Crippen LogP contribution in [0.3, 0.4) is 0 Å². The molecule has 3 aromatic rings. The van der Waals surface area contributed by atoms with Gasteiger partial charge in [0.2, 0.25) is 5.91 Å². The lowest BCUT2D eigenvalue weighted by Gasteiger charge is -2.33. The first-order chi connectivity index (χ1) is 17.7. The van der Waals surface area contributed by atoms with E-state index < -0.39 is 0 Å². The highest BCUT2D eigenvalue weighted by molar-refractivity contribution is 5.80. The van der Waals surface area contributed by atoms with Crippen molar-refractivity contribution < 1.29 is 14.3 Å². The molecule has 3 heterocycles. The van der Waals surface area contributed by atoms with Crippen LogP contribution >= 0.6 is 0 Å². The number of nitrogens with zero attached hydrogens (tertiary/aromatic N) is 4. The summed E-state index contributed by atoms with van der Waals surface area (Å²) in [6.07, 6.45) is 3.56. The van der Waals surface area contributed by atoms with Crippen molar-refractivity contribution in [2.75, 3.05) is 26.7 Å². The van der Waals surface area contributed by atoms with Gasteiger partial charge in [-0.2, -0.15) is 0 Å². The monoisotopic (exact) mass is 507 g/mol. The molecule has 0 saturated carbocycles.